The molecular weight excluding hydrogens is 269 g/mol. The minimum absolute atomic E-state index is 0.256. The first-order valence-corrected chi connectivity index (χ1v) is 7.62. The van der Waals surface area contributed by atoms with Crippen molar-refractivity contribution in [3.8, 4) is 0 Å². The molecule has 6 heteroatoms. The molecule has 0 aliphatic heterocycles. The predicted molar refractivity (Wildman–Crippen MR) is 71.4 cm³/mol. The fraction of sp³-hybridized carbons (Fsp3) is 1.00. The second-order valence-electron chi connectivity index (χ2n) is 6.19. The molecule has 0 spiro atoms. The summed E-state index contributed by atoms with van der Waals surface area (Å²) in [5.74, 6) is 0. The van der Waals surface area contributed by atoms with E-state index in [1.807, 2.05) is 0 Å². The smallest absolute Gasteiger partial charge is 0.369 e. The third kappa shape index (κ3) is 5.58. The Kier molecular flexibility index (Phi) is 5.69. The van der Waals surface area contributed by atoms with Gasteiger partial charge in [-0.15, -0.1) is 0 Å². The van der Waals surface area contributed by atoms with Gasteiger partial charge in [0, 0.05) is 18.1 Å². The van der Waals surface area contributed by atoms with E-state index in [2.05, 4.69) is 5.32 Å². The van der Waals surface area contributed by atoms with Crippen molar-refractivity contribution in [3.63, 3.8) is 0 Å². The molecule has 2 atom stereocenters. The van der Waals surface area contributed by atoms with Gasteiger partial charge in [0.2, 0.25) is 0 Å². The maximum atomic E-state index is 12.2. The molecule has 2 saturated carbocycles. The largest absolute Gasteiger partial charge is 0.411 e. The first-order chi connectivity index (χ1) is 9.42. The van der Waals surface area contributed by atoms with E-state index in [0.717, 1.165) is 44.9 Å². The highest BCUT2D eigenvalue weighted by Crippen LogP contribution is 2.26. The van der Waals surface area contributed by atoms with Gasteiger partial charge in [-0.05, 0) is 51.4 Å². The van der Waals surface area contributed by atoms with Crippen molar-refractivity contribution in [3.05, 3.63) is 0 Å². The number of nitrogens with two attached hydrogens (primary N) is 1. The van der Waals surface area contributed by atoms with E-state index in [9.17, 15) is 13.2 Å². The fourth-order valence-electron chi connectivity index (χ4n) is 3.28. The van der Waals surface area contributed by atoms with Crippen LogP contribution in [0.25, 0.3) is 0 Å². The number of halogens is 3. The Labute approximate surface area is 118 Å². The minimum Gasteiger partial charge on any atom is -0.369 e. The van der Waals surface area contributed by atoms with Crippen molar-refractivity contribution in [2.45, 2.75) is 81.8 Å². The number of rotatable bonds is 4. The van der Waals surface area contributed by atoms with Crippen molar-refractivity contribution in [2.24, 2.45) is 5.73 Å². The van der Waals surface area contributed by atoms with Crippen LogP contribution < -0.4 is 11.1 Å². The minimum atomic E-state index is -4.22. The zero-order valence-corrected chi connectivity index (χ0v) is 11.8. The molecule has 0 aromatic carbocycles. The molecule has 118 valence electrons. The van der Waals surface area contributed by atoms with E-state index in [0.29, 0.717) is 24.5 Å². The molecule has 2 aliphatic carbocycles. The van der Waals surface area contributed by atoms with Gasteiger partial charge in [-0.25, -0.2) is 0 Å². The summed E-state index contributed by atoms with van der Waals surface area (Å²) in [6.45, 7) is -1.12. The fourth-order valence-corrected chi connectivity index (χ4v) is 3.28. The first kappa shape index (κ1) is 16.0. The first-order valence-electron chi connectivity index (χ1n) is 7.62. The van der Waals surface area contributed by atoms with Crippen LogP contribution in [0.2, 0.25) is 0 Å². The molecule has 0 radical (unpaired) electrons. The highest BCUT2D eigenvalue weighted by molar-refractivity contribution is 4.85. The predicted octanol–water partition coefficient (Wildman–Crippen LogP) is 2.74. The third-order valence-corrected chi connectivity index (χ3v) is 4.35. The summed E-state index contributed by atoms with van der Waals surface area (Å²) in [5, 5.41) is 3.59. The summed E-state index contributed by atoms with van der Waals surface area (Å²) in [5.41, 5.74) is 5.88. The van der Waals surface area contributed by atoms with Gasteiger partial charge in [-0.3, -0.25) is 0 Å². The zero-order valence-electron chi connectivity index (χ0n) is 11.8. The third-order valence-electron chi connectivity index (χ3n) is 4.35. The molecule has 0 heterocycles. The second-order valence-corrected chi connectivity index (χ2v) is 6.19. The average molecular weight is 294 g/mol. The number of nitrogens with one attached hydrogen (secondary N) is 1. The molecule has 3 nitrogen and oxygen atoms in total. The van der Waals surface area contributed by atoms with Gasteiger partial charge in [-0.1, -0.05) is 0 Å². The van der Waals surface area contributed by atoms with Crippen LogP contribution in [0.15, 0.2) is 0 Å². The molecule has 0 bridgehead atoms. The lowest BCUT2D eigenvalue weighted by Gasteiger charge is -2.35. The van der Waals surface area contributed by atoms with Crippen molar-refractivity contribution in [1.29, 1.82) is 0 Å². The van der Waals surface area contributed by atoms with Crippen LogP contribution in [0.3, 0.4) is 0 Å². The molecule has 2 aliphatic rings. The number of alkyl halides is 3. The summed E-state index contributed by atoms with van der Waals surface area (Å²) in [6.07, 6.45) is 3.16. The van der Waals surface area contributed by atoms with E-state index < -0.39 is 12.8 Å². The van der Waals surface area contributed by atoms with Gasteiger partial charge in [0.25, 0.3) is 0 Å². The zero-order chi connectivity index (χ0) is 14.6. The van der Waals surface area contributed by atoms with Crippen LogP contribution in [0.1, 0.15) is 51.4 Å². The van der Waals surface area contributed by atoms with Crippen LogP contribution >= 0.6 is 0 Å². The van der Waals surface area contributed by atoms with Crippen LogP contribution in [0, 0.1) is 0 Å². The van der Waals surface area contributed by atoms with Crippen molar-refractivity contribution in [2.75, 3.05) is 6.61 Å². The van der Waals surface area contributed by atoms with Gasteiger partial charge < -0.3 is 15.8 Å². The van der Waals surface area contributed by atoms with Gasteiger partial charge >= 0.3 is 6.18 Å². The highest BCUT2D eigenvalue weighted by Gasteiger charge is 2.32. The van der Waals surface area contributed by atoms with Crippen LogP contribution in [-0.2, 0) is 4.74 Å². The summed E-state index contributed by atoms with van der Waals surface area (Å²) < 4.78 is 41.5. The molecule has 2 fully saturated rings. The monoisotopic (exact) mass is 294 g/mol. The highest BCUT2D eigenvalue weighted by atomic mass is 19.4. The van der Waals surface area contributed by atoms with Gasteiger partial charge in [-0.2, -0.15) is 13.2 Å². The lowest BCUT2D eigenvalue weighted by molar-refractivity contribution is -0.188. The standard InChI is InChI=1S/C14H25F3N2O/c15-14(16,17)9-20-13-3-1-2-12(8-13)19-11-6-4-10(18)5-7-11/h10-13,19H,1-9,18H2. The topological polar surface area (TPSA) is 47.3 Å². The molecule has 3 N–H and O–H groups in total. The van der Waals surface area contributed by atoms with E-state index in [-0.39, 0.29) is 6.10 Å². The summed E-state index contributed by atoms with van der Waals surface area (Å²) in [7, 11) is 0. The second kappa shape index (κ2) is 7.09. The SMILES string of the molecule is NC1CCC(NC2CCCC(OCC(F)(F)F)C2)CC1. The maximum Gasteiger partial charge on any atom is 0.411 e. The van der Waals surface area contributed by atoms with Crippen LogP contribution in [0.4, 0.5) is 13.2 Å². The van der Waals surface area contributed by atoms with Gasteiger partial charge in [0.1, 0.15) is 6.61 Å². The Morgan fingerprint density at radius 1 is 1.00 bits per heavy atom. The average Bonchev–Trinajstić information content (AvgIpc) is 2.39. The lowest BCUT2D eigenvalue weighted by Crippen LogP contribution is -2.45. The molecule has 0 aromatic heterocycles. The molecule has 20 heavy (non-hydrogen) atoms. The quantitative estimate of drug-likeness (QED) is 0.838. The number of hydrogen-bond donors (Lipinski definition) is 2. The van der Waals surface area contributed by atoms with E-state index in [1.54, 1.807) is 0 Å². The Bertz CT molecular complexity index is 291. The van der Waals surface area contributed by atoms with Gasteiger partial charge in [0.05, 0.1) is 6.10 Å². The Hall–Kier alpha value is -0.330. The van der Waals surface area contributed by atoms with E-state index in [1.165, 1.54) is 0 Å². The van der Waals surface area contributed by atoms with Crippen LogP contribution in [-0.4, -0.2) is 37.0 Å². The summed E-state index contributed by atoms with van der Waals surface area (Å²) in [4.78, 5) is 0. The Balaban J connectivity index is 1.70. The molecular formula is C14H25F3N2O. The lowest BCUT2D eigenvalue weighted by atomic mass is 9.88. The normalized spacial score (nSPS) is 36.0. The summed E-state index contributed by atoms with van der Waals surface area (Å²) in [6, 6.07) is 1.09. The molecule has 0 aromatic rings. The van der Waals surface area contributed by atoms with Crippen LogP contribution in [0.5, 0.6) is 0 Å². The summed E-state index contributed by atoms with van der Waals surface area (Å²) >= 11 is 0. The Morgan fingerprint density at radius 2 is 1.70 bits per heavy atom. The Morgan fingerprint density at radius 3 is 2.35 bits per heavy atom. The van der Waals surface area contributed by atoms with E-state index >= 15 is 0 Å². The maximum absolute atomic E-state index is 12.2. The van der Waals surface area contributed by atoms with E-state index in [4.69, 9.17) is 10.5 Å². The van der Waals surface area contributed by atoms with Crippen molar-refractivity contribution < 1.29 is 17.9 Å². The molecule has 2 rings (SSSR count). The number of hydrogen-bond acceptors (Lipinski definition) is 3. The number of ether oxygens (including phenoxy) is 1. The molecule has 0 saturated heterocycles. The molecule has 2 unspecified atom stereocenters. The molecule has 0 amide bonds. The van der Waals surface area contributed by atoms with Gasteiger partial charge in [0.15, 0.2) is 0 Å². The van der Waals surface area contributed by atoms with Crippen molar-refractivity contribution in [1.82, 2.24) is 5.32 Å². The van der Waals surface area contributed by atoms with Crippen molar-refractivity contribution >= 4 is 0 Å².